The van der Waals surface area contributed by atoms with Crippen molar-refractivity contribution in [3.05, 3.63) is 64.9 Å². The number of hydrogen-bond acceptors (Lipinski definition) is 3. The number of rotatable bonds is 6. The van der Waals surface area contributed by atoms with E-state index >= 15 is 0 Å². The minimum atomic E-state index is 0.297. The van der Waals surface area contributed by atoms with Crippen molar-refractivity contribution in [2.24, 2.45) is 5.73 Å². The van der Waals surface area contributed by atoms with E-state index in [1.807, 2.05) is 0 Å². The molecule has 2 aliphatic carbocycles. The zero-order valence-electron chi connectivity index (χ0n) is 15.8. The predicted octanol–water partition coefficient (Wildman–Crippen LogP) is 4.44. The predicted molar refractivity (Wildman–Crippen MR) is 108 cm³/mol. The van der Waals surface area contributed by atoms with Gasteiger partial charge in [-0.1, -0.05) is 30.4 Å². The summed E-state index contributed by atoms with van der Waals surface area (Å²) in [6.45, 7) is 8.73. The highest BCUT2D eigenvalue weighted by Gasteiger charge is 2.25. The first-order valence-electron chi connectivity index (χ1n) is 9.60. The van der Waals surface area contributed by atoms with E-state index in [0.717, 1.165) is 38.0 Å². The summed E-state index contributed by atoms with van der Waals surface area (Å²) < 4.78 is 0. The van der Waals surface area contributed by atoms with Gasteiger partial charge in [0.15, 0.2) is 0 Å². The second-order valence-electron chi connectivity index (χ2n) is 6.98. The van der Waals surface area contributed by atoms with Gasteiger partial charge in [0.25, 0.3) is 0 Å². The lowest BCUT2D eigenvalue weighted by atomic mass is 9.84. The van der Waals surface area contributed by atoms with E-state index in [2.05, 4.69) is 73.5 Å². The van der Waals surface area contributed by atoms with Gasteiger partial charge in [0, 0.05) is 36.6 Å². The fraction of sp³-hybridized carbons (Fsp3) is 0.455. The Balaban J connectivity index is 1.72. The highest BCUT2D eigenvalue weighted by Crippen LogP contribution is 2.32. The van der Waals surface area contributed by atoms with Crippen LogP contribution in [-0.2, 0) is 0 Å². The van der Waals surface area contributed by atoms with Gasteiger partial charge in [-0.3, -0.25) is 0 Å². The van der Waals surface area contributed by atoms with Crippen molar-refractivity contribution < 1.29 is 0 Å². The van der Waals surface area contributed by atoms with Gasteiger partial charge in [0.1, 0.15) is 0 Å². The van der Waals surface area contributed by atoms with Gasteiger partial charge in [-0.25, -0.2) is 0 Å². The Labute approximate surface area is 152 Å². The zero-order valence-corrected chi connectivity index (χ0v) is 15.8. The molecule has 0 fully saturated rings. The Kier molecular flexibility index (Phi) is 5.64. The molecular weight excluding hydrogens is 306 g/mol. The molecule has 2 aliphatic rings. The minimum Gasteiger partial charge on any atom is -0.399 e. The summed E-state index contributed by atoms with van der Waals surface area (Å²) in [4.78, 5) is 2.37. The number of benzene rings is 1. The van der Waals surface area contributed by atoms with Crippen molar-refractivity contribution in [3.8, 4) is 0 Å². The molecule has 0 aliphatic heterocycles. The standard InChI is InChI=1S/C22H31N3/c1-4-25(5-2)19-14-12-17(13-15-19)16(3)24-21-11-7-9-18-8-6-10-20(23)22(18)21/h7,9-10,12-16,21,24H,4-6,8,11,23H2,1-3H3. The monoisotopic (exact) mass is 337 g/mol. The molecule has 0 bridgehead atoms. The van der Waals surface area contributed by atoms with Crippen LogP contribution < -0.4 is 16.0 Å². The maximum atomic E-state index is 6.30. The van der Waals surface area contributed by atoms with Gasteiger partial charge in [-0.2, -0.15) is 0 Å². The lowest BCUT2D eigenvalue weighted by Crippen LogP contribution is -2.37. The molecule has 0 aromatic heterocycles. The van der Waals surface area contributed by atoms with Gasteiger partial charge in [-0.15, -0.1) is 0 Å². The fourth-order valence-corrected chi connectivity index (χ4v) is 3.99. The van der Waals surface area contributed by atoms with Crippen LogP contribution in [0.2, 0.25) is 0 Å². The molecule has 0 amide bonds. The highest BCUT2D eigenvalue weighted by molar-refractivity contribution is 5.49. The van der Waals surface area contributed by atoms with Crippen molar-refractivity contribution in [2.75, 3.05) is 18.0 Å². The second-order valence-corrected chi connectivity index (χ2v) is 6.98. The molecule has 0 saturated heterocycles. The number of nitrogens with two attached hydrogens (primary N) is 1. The van der Waals surface area contributed by atoms with Crippen LogP contribution in [0.1, 0.15) is 51.6 Å². The van der Waals surface area contributed by atoms with E-state index in [1.165, 1.54) is 22.4 Å². The lowest BCUT2D eigenvalue weighted by Gasteiger charge is -2.31. The Bertz CT molecular complexity index is 678. The maximum absolute atomic E-state index is 6.30. The molecule has 2 atom stereocenters. The molecule has 0 spiro atoms. The molecule has 0 heterocycles. The number of nitrogens with zero attached hydrogens (tertiary/aromatic N) is 1. The summed E-state index contributed by atoms with van der Waals surface area (Å²) in [5.74, 6) is 0. The Morgan fingerprint density at radius 1 is 1.20 bits per heavy atom. The normalized spacial score (nSPS) is 20.9. The van der Waals surface area contributed by atoms with Crippen molar-refractivity contribution in [1.82, 2.24) is 5.32 Å². The van der Waals surface area contributed by atoms with E-state index < -0.39 is 0 Å². The number of nitrogens with one attached hydrogen (secondary N) is 1. The molecule has 3 rings (SSSR count). The van der Waals surface area contributed by atoms with Crippen molar-refractivity contribution in [3.63, 3.8) is 0 Å². The molecule has 3 N–H and O–H groups in total. The summed E-state index contributed by atoms with van der Waals surface area (Å²) >= 11 is 0. The van der Waals surface area contributed by atoms with Gasteiger partial charge in [0.2, 0.25) is 0 Å². The first-order chi connectivity index (χ1) is 12.1. The number of allylic oxidation sites excluding steroid dienone is 3. The first kappa shape index (κ1) is 17.8. The van der Waals surface area contributed by atoms with E-state index in [9.17, 15) is 0 Å². The van der Waals surface area contributed by atoms with Crippen LogP contribution in [0.25, 0.3) is 0 Å². The third-order valence-corrected chi connectivity index (χ3v) is 5.45. The lowest BCUT2D eigenvalue weighted by molar-refractivity contribution is 0.492. The molecular formula is C22H31N3. The van der Waals surface area contributed by atoms with Crippen LogP contribution in [0.15, 0.2) is 59.3 Å². The Morgan fingerprint density at radius 3 is 2.60 bits per heavy atom. The average molecular weight is 338 g/mol. The molecule has 2 unspecified atom stereocenters. The third kappa shape index (κ3) is 3.82. The van der Waals surface area contributed by atoms with E-state index in [-0.39, 0.29) is 0 Å². The summed E-state index contributed by atoms with van der Waals surface area (Å²) in [6.07, 6.45) is 9.90. The Morgan fingerprint density at radius 2 is 1.92 bits per heavy atom. The highest BCUT2D eigenvalue weighted by atomic mass is 15.1. The van der Waals surface area contributed by atoms with Crippen LogP contribution in [0.3, 0.4) is 0 Å². The average Bonchev–Trinajstić information content (AvgIpc) is 2.63. The molecule has 1 aromatic rings. The first-order valence-corrected chi connectivity index (χ1v) is 9.60. The van der Waals surface area contributed by atoms with E-state index in [4.69, 9.17) is 5.73 Å². The van der Waals surface area contributed by atoms with Crippen LogP contribution in [-0.4, -0.2) is 19.1 Å². The largest absolute Gasteiger partial charge is 0.399 e. The van der Waals surface area contributed by atoms with Gasteiger partial charge in [0.05, 0.1) is 0 Å². The molecule has 1 aromatic carbocycles. The molecule has 134 valence electrons. The maximum Gasteiger partial charge on any atom is 0.0383 e. The van der Waals surface area contributed by atoms with Crippen LogP contribution >= 0.6 is 0 Å². The van der Waals surface area contributed by atoms with E-state index in [1.54, 1.807) is 0 Å². The topological polar surface area (TPSA) is 41.3 Å². The SMILES string of the molecule is CCN(CC)c1ccc(C(C)NC2CC=CC3=C2C(N)=CCC3)cc1. The smallest absolute Gasteiger partial charge is 0.0383 e. The molecule has 3 heteroatoms. The molecule has 25 heavy (non-hydrogen) atoms. The second kappa shape index (κ2) is 7.92. The van der Waals surface area contributed by atoms with Gasteiger partial charge >= 0.3 is 0 Å². The molecule has 0 saturated carbocycles. The summed E-state index contributed by atoms with van der Waals surface area (Å²) in [5.41, 5.74) is 12.6. The number of anilines is 1. The zero-order chi connectivity index (χ0) is 17.8. The Hall–Kier alpha value is -2.00. The van der Waals surface area contributed by atoms with Crippen LogP contribution in [0, 0.1) is 0 Å². The number of hydrogen-bond donors (Lipinski definition) is 2. The van der Waals surface area contributed by atoms with Crippen molar-refractivity contribution in [1.29, 1.82) is 0 Å². The van der Waals surface area contributed by atoms with Gasteiger partial charge in [-0.05, 0) is 68.9 Å². The quantitative estimate of drug-likeness (QED) is 0.806. The summed E-state index contributed by atoms with van der Waals surface area (Å²) in [6, 6.07) is 9.58. The van der Waals surface area contributed by atoms with E-state index in [0.29, 0.717) is 12.1 Å². The molecule has 3 nitrogen and oxygen atoms in total. The fourth-order valence-electron chi connectivity index (χ4n) is 3.99. The summed E-state index contributed by atoms with van der Waals surface area (Å²) in [7, 11) is 0. The third-order valence-electron chi connectivity index (χ3n) is 5.45. The van der Waals surface area contributed by atoms with Gasteiger partial charge < -0.3 is 16.0 Å². The van der Waals surface area contributed by atoms with Crippen molar-refractivity contribution >= 4 is 5.69 Å². The van der Waals surface area contributed by atoms with Crippen molar-refractivity contribution in [2.45, 2.75) is 52.1 Å². The minimum absolute atomic E-state index is 0.297. The van der Waals surface area contributed by atoms with Crippen LogP contribution in [0.5, 0.6) is 0 Å². The van der Waals surface area contributed by atoms with Crippen LogP contribution in [0.4, 0.5) is 5.69 Å². The molecule has 0 radical (unpaired) electrons. The summed E-state index contributed by atoms with van der Waals surface area (Å²) in [5, 5.41) is 3.80.